The lowest BCUT2D eigenvalue weighted by Crippen LogP contribution is -2.49. The molecule has 0 spiro atoms. The number of piperazine rings is 1. The zero-order valence-corrected chi connectivity index (χ0v) is 17.2. The lowest BCUT2D eigenvalue weighted by atomic mass is 10.2. The summed E-state index contributed by atoms with van der Waals surface area (Å²) in [6.07, 6.45) is 0. The highest BCUT2D eigenvalue weighted by Gasteiger charge is 2.21. The topological polar surface area (TPSA) is 59.1 Å². The van der Waals surface area contributed by atoms with Gasteiger partial charge in [-0.2, -0.15) is 0 Å². The minimum atomic E-state index is -0.369. The van der Waals surface area contributed by atoms with Crippen LogP contribution in [-0.4, -0.2) is 61.1 Å². The van der Waals surface area contributed by atoms with E-state index in [2.05, 4.69) is 4.90 Å². The lowest BCUT2D eigenvalue weighted by Gasteiger charge is -2.34. The molecular weight excluding hydrogens is 392 g/mol. The number of hydrogen-bond acceptors (Lipinski definition) is 5. The quantitative estimate of drug-likeness (QED) is 0.648. The zero-order valence-electron chi connectivity index (χ0n) is 16.5. The van der Waals surface area contributed by atoms with Crippen molar-refractivity contribution in [3.63, 3.8) is 0 Å². The molecule has 0 saturated carbocycles. The highest BCUT2D eigenvalue weighted by atomic mass is 35.5. The first kappa shape index (κ1) is 21.1. The average molecular weight is 417 g/mol. The van der Waals surface area contributed by atoms with Gasteiger partial charge in [0.25, 0.3) is 5.91 Å². The van der Waals surface area contributed by atoms with Gasteiger partial charge in [0.15, 0.2) is 6.61 Å². The molecular formula is C22H25ClN2O4. The summed E-state index contributed by atoms with van der Waals surface area (Å²) in [5, 5.41) is 0.736. The summed E-state index contributed by atoms with van der Waals surface area (Å²) in [7, 11) is 0. The van der Waals surface area contributed by atoms with Crippen molar-refractivity contribution in [1.29, 1.82) is 0 Å². The van der Waals surface area contributed by atoms with Gasteiger partial charge in [0.05, 0.1) is 12.2 Å². The smallest absolute Gasteiger partial charge is 0.338 e. The molecule has 0 unspecified atom stereocenters. The van der Waals surface area contributed by atoms with Crippen LogP contribution in [0.5, 0.6) is 5.75 Å². The molecule has 2 aromatic carbocycles. The van der Waals surface area contributed by atoms with Gasteiger partial charge in [-0.05, 0) is 48.9 Å². The van der Waals surface area contributed by atoms with E-state index in [-0.39, 0.29) is 18.5 Å². The molecule has 3 rings (SSSR count). The fourth-order valence-corrected chi connectivity index (χ4v) is 3.27. The molecule has 1 saturated heterocycles. The van der Waals surface area contributed by atoms with Gasteiger partial charge < -0.3 is 14.4 Å². The molecule has 0 radical (unpaired) electrons. The SMILES string of the molecule is CCOC(=O)c1ccc(OCC(=O)N2CCN(Cc3ccc(Cl)cc3)CC2)cc1. The number of halogens is 1. The summed E-state index contributed by atoms with van der Waals surface area (Å²) in [6, 6.07) is 14.5. The van der Waals surface area contributed by atoms with Crippen molar-refractivity contribution in [3.8, 4) is 5.75 Å². The average Bonchev–Trinajstić information content (AvgIpc) is 2.75. The fraction of sp³-hybridized carbons (Fsp3) is 0.364. The van der Waals surface area contributed by atoms with Gasteiger partial charge in [-0.3, -0.25) is 9.69 Å². The molecule has 7 heteroatoms. The monoisotopic (exact) mass is 416 g/mol. The summed E-state index contributed by atoms with van der Waals surface area (Å²) in [5.74, 6) is 0.144. The third-order valence-electron chi connectivity index (χ3n) is 4.77. The van der Waals surface area contributed by atoms with Crippen molar-refractivity contribution in [2.75, 3.05) is 39.4 Å². The Morgan fingerprint density at radius 2 is 1.62 bits per heavy atom. The molecule has 1 aliphatic heterocycles. The number of amides is 1. The Morgan fingerprint density at radius 1 is 0.966 bits per heavy atom. The number of ether oxygens (including phenoxy) is 2. The van der Waals surface area contributed by atoms with Crippen LogP contribution in [0.25, 0.3) is 0 Å². The molecule has 0 N–H and O–H groups in total. The van der Waals surface area contributed by atoms with E-state index in [1.54, 1.807) is 31.2 Å². The van der Waals surface area contributed by atoms with Gasteiger partial charge in [0, 0.05) is 37.7 Å². The number of nitrogens with zero attached hydrogens (tertiary/aromatic N) is 2. The second-order valence-corrected chi connectivity index (χ2v) is 7.25. The van der Waals surface area contributed by atoms with Crippen LogP contribution in [0.3, 0.4) is 0 Å². The summed E-state index contributed by atoms with van der Waals surface area (Å²) in [4.78, 5) is 28.2. The Labute approximate surface area is 176 Å². The van der Waals surface area contributed by atoms with Crippen LogP contribution in [-0.2, 0) is 16.1 Å². The highest BCUT2D eigenvalue weighted by molar-refractivity contribution is 6.30. The molecule has 154 valence electrons. The fourth-order valence-electron chi connectivity index (χ4n) is 3.14. The molecule has 0 bridgehead atoms. The molecule has 6 nitrogen and oxygen atoms in total. The zero-order chi connectivity index (χ0) is 20.6. The maximum absolute atomic E-state index is 12.4. The maximum Gasteiger partial charge on any atom is 0.338 e. The second-order valence-electron chi connectivity index (χ2n) is 6.82. The minimum absolute atomic E-state index is 0.0179. The Morgan fingerprint density at radius 3 is 2.24 bits per heavy atom. The standard InChI is InChI=1S/C22H25ClN2O4/c1-2-28-22(27)18-5-9-20(10-6-18)29-16-21(26)25-13-11-24(12-14-25)15-17-3-7-19(23)8-4-17/h3-10H,2,11-16H2,1H3. The van der Waals surface area contributed by atoms with Gasteiger partial charge >= 0.3 is 5.97 Å². The van der Waals surface area contributed by atoms with Crippen LogP contribution in [0, 0.1) is 0 Å². The van der Waals surface area contributed by atoms with E-state index in [1.165, 1.54) is 5.56 Å². The molecule has 2 aromatic rings. The number of benzene rings is 2. The van der Waals surface area contributed by atoms with Crippen LogP contribution < -0.4 is 4.74 Å². The number of carbonyl (C=O) groups excluding carboxylic acids is 2. The molecule has 0 atom stereocenters. The van der Waals surface area contributed by atoms with Gasteiger partial charge in [-0.15, -0.1) is 0 Å². The van der Waals surface area contributed by atoms with E-state index in [4.69, 9.17) is 21.1 Å². The number of rotatable bonds is 7. The van der Waals surface area contributed by atoms with Gasteiger partial charge in [0.1, 0.15) is 5.75 Å². The third kappa shape index (κ3) is 6.21. The van der Waals surface area contributed by atoms with E-state index in [9.17, 15) is 9.59 Å². The largest absolute Gasteiger partial charge is 0.484 e. The molecule has 1 heterocycles. The molecule has 1 fully saturated rings. The van der Waals surface area contributed by atoms with Crippen molar-refractivity contribution >= 4 is 23.5 Å². The molecule has 1 amide bonds. The van der Waals surface area contributed by atoms with E-state index < -0.39 is 0 Å². The summed E-state index contributed by atoms with van der Waals surface area (Å²) < 4.78 is 10.5. The summed E-state index contributed by atoms with van der Waals surface area (Å²) >= 11 is 5.93. The first-order chi connectivity index (χ1) is 14.0. The van der Waals surface area contributed by atoms with Gasteiger partial charge in [-0.1, -0.05) is 23.7 Å². The number of carbonyl (C=O) groups is 2. The molecule has 0 aromatic heterocycles. The van der Waals surface area contributed by atoms with Crippen LogP contribution in [0.2, 0.25) is 5.02 Å². The number of hydrogen-bond donors (Lipinski definition) is 0. The van der Waals surface area contributed by atoms with Crippen LogP contribution >= 0.6 is 11.6 Å². The normalized spacial score (nSPS) is 14.5. The second kappa shape index (κ2) is 10.3. The van der Waals surface area contributed by atoms with Crippen LogP contribution in [0.4, 0.5) is 0 Å². The van der Waals surface area contributed by atoms with Crippen LogP contribution in [0.15, 0.2) is 48.5 Å². The molecule has 0 aliphatic carbocycles. The predicted molar refractivity (Wildman–Crippen MR) is 111 cm³/mol. The molecule has 1 aliphatic rings. The van der Waals surface area contributed by atoms with E-state index in [0.29, 0.717) is 31.0 Å². The Kier molecular flexibility index (Phi) is 7.49. The third-order valence-corrected chi connectivity index (χ3v) is 5.02. The van der Waals surface area contributed by atoms with Gasteiger partial charge in [0.2, 0.25) is 0 Å². The highest BCUT2D eigenvalue weighted by Crippen LogP contribution is 2.15. The Hall–Kier alpha value is -2.57. The number of esters is 1. The van der Waals surface area contributed by atoms with E-state index in [0.717, 1.165) is 24.7 Å². The van der Waals surface area contributed by atoms with Crippen LogP contribution in [0.1, 0.15) is 22.8 Å². The van der Waals surface area contributed by atoms with Crippen molar-refractivity contribution in [1.82, 2.24) is 9.80 Å². The molecule has 29 heavy (non-hydrogen) atoms. The first-order valence-corrected chi connectivity index (χ1v) is 10.1. The Balaban J connectivity index is 1.41. The first-order valence-electron chi connectivity index (χ1n) is 9.69. The van der Waals surface area contributed by atoms with E-state index >= 15 is 0 Å². The summed E-state index contributed by atoms with van der Waals surface area (Å²) in [5.41, 5.74) is 1.67. The Bertz CT molecular complexity index is 816. The minimum Gasteiger partial charge on any atom is -0.484 e. The lowest BCUT2D eigenvalue weighted by molar-refractivity contribution is -0.135. The summed E-state index contributed by atoms with van der Waals surface area (Å²) in [6.45, 7) is 5.93. The van der Waals surface area contributed by atoms with E-state index in [1.807, 2.05) is 29.2 Å². The van der Waals surface area contributed by atoms with Crippen molar-refractivity contribution in [2.24, 2.45) is 0 Å². The maximum atomic E-state index is 12.4. The van der Waals surface area contributed by atoms with Gasteiger partial charge in [-0.25, -0.2) is 4.79 Å². The van der Waals surface area contributed by atoms with Crippen molar-refractivity contribution in [3.05, 3.63) is 64.7 Å². The van der Waals surface area contributed by atoms with Crippen molar-refractivity contribution in [2.45, 2.75) is 13.5 Å². The predicted octanol–water partition coefficient (Wildman–Crippen LogP) is 3.24. The van der Waals surface area contributed by atoms with Crippen molar-refractivity contribution < 1.29 is 19.1 Å².